The Morgan fingerprint density at radius 1 is 0.308 bits per heavy atom. The van der Waals surface area contributed by atoms with E-state index >= 15 is 0 Å². The van der Waals surface area contributed by atoms with E-state index in [4.69, 9.17) is 4.42 Å². The Balaban J connectivity index is 1.07. The molecule has 0 fully saturated rings. The van der Waals surface area contributed by atoms with E-state index in [0.29, 0.717) is 0 Å². The second-order valence-electron chi connectivity index (χ2n) is 16.8. The fraction of sp³-hybridized carbons (Fsp3) is 0. The number of hydrogen-bond acceptors (Lipinski definition) is 2. The summed E-state index contributed by atoms with van der Waals surface area (Å²) in [6, 6.07) is 88.0. The van der Waals surface area contributed by atoms with Crippen molar-refractivity contribution in [3.05, 3.63) is 243 Å². The van der Waals surface area contributed by atoms with Gasteiger partial charge in [0.1, 0.15) is 11.2 Å². The van der Waals surface area contributed by atoms with Crippen molar-refractivity contribution in [1.82, 2.24) is 4.57 Å². The van der Waals surface area contributed by atoms with Crippen LogP contribution in [0, 0.1) is 0 Å². The van der Waals surface area contributed by atoms with E-state index in [1.54, 1.807) is 0 Å². The number of benzene rings is 11. The van der Waals surface area contributed by atoms with Crippen molar-refractivity contribution in [2.45, 2.75) is 0 Å². The zero-order chi connectivity index (χ0) is 42.8. The van der Waals surface area contributed by atoms with Gasteiger partial charge in [-0.1, -0.05) is 176 Å². The average molecular weight is 829 g/mol. The van der Waals surface area contributed by atoms with E-state index in [1.807, 2.05) is 12.1 Å². The normalized spacial score (nSPS) is 11.7. The molecule has 304 valence electrons. The van der Waals surface area contributed by atoms with Crippen molar-refractivity contribution in [3.8, 4) is 39.1 Å². The van der Waals surface area contributed by atoms with Crippen LogP contribution in [0.1, 0.15) is 0 Å². The molecule has 13 aromatic rings. The number of rotatable bonds is 7. The molecule has 3 heteroatoms. The quantitative estimate of drug-likeness (QED) is 0.149. The summed E-state index contributed by atoms with van der Waals surface area (Å²) in [5.41, 5.74) is 15.3. The van der Waals surface area contributed by atoms with Crippen LogP contribution in [-0.4, -0.2) is 4.57 Å². The molecular weight excluding hydrogens is 789 g/mol. The highest BCUT2D eigenvalue weighted by atomic mass is 16.3. The molecule has 0 radical (unpaired) electrons. The molecule has 0 aliphatic rings. The Kier molecular flexibility index (Phi) is 8.53. The zero-order valence-corrected chi connectivity index (χ0v) is 35.4. The SMILES string of the molecule is c1ccc(-c2ccc(-c3cc4ccccc4c4ccccc34)cc2N(c2ccc(-c3ccc4c(c3)oc3ccccc34)cc2)c2ccccc2-n2c3ccccc3c3ccccc32)cc1. The van der Waals surface area contributed by atoms with E-state index in [0.717, 1.165) is 83.5 Å². The van der Waals surface area contributed by atoms with Gasteiger partial charge in [-0.15, -0.1) is 0 Å². The maximum atomic E-state index is 6.34. The van der Waals surface area contributed by atoms with Gasteiger partial charge in [0.15, 0.2) is 0 Å². The molecule has 0 aliphatic heterocycles. The fourth-order valence-corrected chi connectivity index (χ4v) is 10.2. The summed E-state index contributed by atoms with van der Waals surface area (Å²) in [5.74, 6) is 0. The zero-order valence-electron chi connectivity index (χ0n) is 35.4. The largest absolute Gasteiger partial charge is 0.456 e. The highest BCUT2D eigenvalue weighted by molar-refractivity contribution is 6.14. The van der Waals surface area contributed by atoms with Gasteiger partial charge in [-0.25, -0.2) is 0 Å². The van der Waals surface area contributed by atoms with E-state index in [2.05, 4.69) is 240 Å². The Bertz CT molecular complexity index is 3900. The van der Waals surface area contributed by atoms with Gasteiger partial charge in [0.25, 0.3) is 0 Å². The molecule has 13 rings (SSSR count). The summed E-state index contributed by atoms with van der Waals surface area (Å²) in [7, 11) is 0. The third-order valence-electron chi connectivity index (χ3n) is 13.2. The van der Waals surface area contributed by atoms with Crippen LogP contribution in [0.25, 0.3) is 104 Å². The molecule has 0 aliphatic carbocycles. The van der Waals surface area contributed by atoms with E-state index in [-0.39, 0.29) is 0 Å². The topological polar surface area (TPSA) is 21.3 Å². The Hall–Kier alpha value is -8.66. The minimum Gasteiger partial charge on any atom is -0.456 e. The first-order chi connectivity index (χ1) is 32.2. The average Bonchev–Trinajstić information content (AvgIpc) is 3.92. The van der Waals surface area contributed by atoms with Crippen LogP contribution in [0.15, 0.2) is 247 Å². The standard InChI is InChI=1S/C62H40N2O/c1-2-16-42(17-3-1)48-36-33-45(55-38-44-18-4-5-19-47(44)49-20-6-7-21-50(49)55)39-60(48)63(46-34-30-41(31-35-46)43-32-37-54-53-24-10-15-29-61(53)65-62(54)40-43)58-27-13-14-28-59(58)64-56-25-11-8-22-51(56)52-23-9-12-26-57(52)64/h1-40H. The maximum absolute atomic E-state index is 6.34. The molecule has 11 aromatic carbocycles. The third kappa shape index (κ3) is 6.05. The summed E-state index contributed by atoms with van der Waals surface area (Å²) in [5, 5.41) is 9.67. The van der Waals surface area contributed by atoms with E-state index in [9.17, 15) is 0 Å². The lowest BCUT2D eigenvalue weighted by atomic mass is 9.91. The Morgan fingerprint density at radius 3 is 1.68 bits per heavy atom. The lowest BCUT2D eigenvalue weighted by Crippen LogP contribution is -2.14. The van der Waals surface area contributed by atoms with E-state index < -0.39 is 0 Å². The van der Waals surface area contributed by atoms with Gasteiger partial charge < -0.3 is 13.9 Å². The summed E-state index contributed by atoms with van der Waals surface area (Å²) < 4.78 is 8.78. The van der Waals surface area contributed by atoms with Crippen LogP contribution >= 0.6 is 0 Å². The second-order valence-corrected chi connectivity index (χ2v) is 16.8. The van der Waals surface area contributed by atoms with Crippen molar-refractivity contribution in [2.24, 2.45) is 0 Å². The summed E-state index contributed by atoms with van der Waals surface area (Å²) >= 11 is 0. The number of aromatic nitrogens is 1. The van der Waals surface area contributed by atoms with Gasteiger partial charge in [0.2, 0.25) is 0 Å². The number of para-hydroxylation sites is 5. The van der Waals surface area contributed by atoms with Crippen molar-refractivity contribution in [2.75, 3.05) is 4.90 Å². The molecular formula is C62H40N2O. The lowest BCUT2D eigenvalue weighted by molar-refractivity contribution is 0.669. The van der Waals surface area contributed by atoms with Crippen molar-refractivity contribution in [1.29, 1.82) is 0 Å². The monoisotopic (exact) mass is 828 g/mol. The molecule has 3 nitrogen and oxygen atoms in total. The van der Waals surface area contributed by atoms with Crippen LogP contribution in [-0.2, 0) is 0 Å². The molecule has 0 unspecified atom stereocenters. The number of furan rings is 1. The van der Waals surface area contributed by atoms with E-state index in [1.165, 1.54) is 37.9 Å². The smallest absolute Gasteiger partial charge is 0.136 e. The molecule has 0 N–H and O–H groups in total. The first-order valence-corrected chi connectivity index (χ1v) is 22.2. The van der Waals surface area contributed by atoms with Crippen LogP contribution in [0.3, 0.4) is 0 Å². The van der Waals surface area contributed by atoms with Gasteiger partial charge >= 0.3 is 0 Å². The van der Waals surface area contributed by atoms with Crippen LogP contribution < -0.4 is 4.90 Å². The van der Waals surface area contributed by atoms with Crippen LogP contribution in [0.4, 0.5) is 17.1 Å². The van der Waals surface area contributed by atoms with Gasteiger partial charge in [-0.3, -0.25) is 0 Å². The number of fused-ring (bicyclic) bond motifs is 9. The van der Waals surface area contributed by atoms with Crippen LogP contribution in [0.2, 0.25) is 0 Å². The minimum absolute atomic E-state index is 0.889. The van der Waals surface area contributed by atoms with Crippen molar-refractivity contribution in [3.63, 3.8) is 0 Å². The lowest BCUT2D eigenvalue weighted by Gasteiger charge is -2.31. The molecule has 65 heavy (non-hydrogen) atoms. The minimum atomic E-state index is 0.889. The fourth-order valence-electron chi connectivity index (χ4n) is 10.2. The highest BCUT2D eigenvalue weighted by Gasteiger charge is 2.24. The second kappa shape index (κ2) is 15.0. The van der Waals surface area contributed by atoms with Crippen molar-refractivity contribution < 1.29 is 4.42 Å². The molecule has 2 heterocycles. The predicted octanol–water partition coefficient (Wildman–Crippen LogP) is 17.5. The van der Waals surface area contributed by atoms with Gasteiger partial charge in [0, 0.05) is 32.8 Å². The molecule has 0 bridgehead atoms. The molecule has 0 amide bonds. The van der Waals surface area contributed by atoms with Crippen molar-refractivity contribution >= 4 is 82.4 Å². The number of anilines is 3. The molecule has 2 aromatic heterocycles. The molecule has 0 spiro atoms. The summed E-state index contributed by atoms with van der Waals surface area (Å²) in [4.78, 5) is 2.47. The predicted molar refractivity (Wildman–Crippen MR) is 274 cm³/mol. The summed E-state index contributed by atoms with van der Waals surface area (Å²) in [6.07, 6.45) is 0. The van der Waals surface area contributed by atoms with Gasteiger partial charge in [-0.2, -0.15) is 0 Å². The maximum Gasteiger partial charge on any atom is 0.136 e. The first kappa shape index (κ1) is 36.9. The Morgan fingerprint density at radius 2 is 0.892 bits per heavy atom. The molecule has 0 saturated carbocycles. The number of nitrogens with zero attached hydrogens (tertiary/aromatic N) is 2. The number of hydrogen-bond donors (Lipinski definition) is 0. The molecule has 0 atom stereocenters. The first-order valence-electron chi connectivity index (χ1n) is 22.2. The summed E-state index contributed by atoms with van der Waals surface area (Å²) in [6.45, 7) is 0. The van der Waals surface area contributed by atoms with Gasteiger partial charge in [0.05, 0.1) is 28.1 Å². The molecule has 0 saturated heterocycles. The highest BCUT2D eigenvalue weighted by Crippen LogP contribution is 2.47. The van der Waals surface area contributed by atoms with Crippen LogP contribution in [0.5, 0.6) is 0 Å². The Labute approximate surface area is 376 Å². The third-order valence-corrected chi connectivity index (χ3v) is 13.2. The van der Waals surface area contributed by atoms with Gasteiger partial charge in [-0.05, 0) is 116 Å².